The van der Waals surface area contributed by atoms with E-state index < -0.39 is 10.0 Å². The molecule has 4 nitrogen and oxygen atoms in total. The van der Waals surface area contributed by atoms with Crippen LogP contribution in [0.25, 0.3) is 0 Å². The van der Waals surface area contributed by atoms with E-state index in [2.05, 4.69) is 0 Å². The monoisotopic (exact) mass is 306 g/mol. The summed E-state index contributed by atoms with van der Waals surface area (Å²) in [5.74, 6) is 0. The summed E-state index contributed by atoms with van der Waals surface area (Å²) in [6.07, 6.45) is 1.92. The second-order valence-corrected chi connectivity index (χ2v) is 7.46. The van der Waals surface area contributed by atoms with E-state index in [1.54, 1.807) is 12.1 Å². The molecule has 5 heteroatoms. The molecule has 0 unspecified atom stereocenters. The zero-order valence-electron chi connectivity index (χ0n) is 12.9. The molecule has 0 radical (unpaired) electrons. The predicted molar refractivity (Wildman–Crippen MR) is 84.5 cm³/mol. The molecule has 2 rings (SSSR count). The van der Waals surface area contributed by atoms with Crippen LogP contribution >= 0.6 is 0 Å². The van der Waals surface area contributed by atoms with E-state index in [0.717, 1.165) is 11.3 Å². The van der Waals surface area contributed by atoms with Crippen LogP contribution in [0, 0.1) is 6.92 Å². The van der Waals surface area contributed by atoms with Gasteiger partial charge in [0.15, 0.2) is 0 Å². The Morgan fingerprint density at radius 2 is 1.76 bits per heavy atom. The third kappa shape index (κ3) is 3.36. The van der Waals surface area contributed by atoms with Gasteiger partial charge in [-0.2, -0.15) is 4.31 Å². The second kappa shape index (κ2) is 6.03. The van der Waals surface area contributed by atoms with Crippen molar-refractivity contribution < 1.29 is 8.42 Å². The van der Waals surface area contributed by atoms with Crippen LogP contribution in [-0.2, 0) is 23.6 Å². The van der Waals surface area contributed by atoms with Gasteiger partial charge in [0.05, 0.1) is 11.4 Å². The second-order valence-electron chi connectivity index (χ2n) is 5.57. The molecule has 0 atom stereocenters. The first kappa shape index (κ1) is 15.8. The molecule has 114 valence electrons. The van der Waals surface area contributed by atoms with Crippen LogP contribution < -0.4 is 0 Å². The Bertz CT molecular complexity index is 700. The van der Waals surface area contributed by atoms with Crippen LogP contribution in [0.4, 0.5) is 0 Å². The molecule has 0 aliphatic carbocycles. The Balaban J connectivity index is 2.37. The van der Waals surface area contributed by atoms with Gasteiger partial charge in [-0.15, -0.1) is 0 Å². The fraction of sp³-hybridized carbons (Fsp3) is 0.375. The highest BCUT2D eigenvalue weighted by molar-refractivity contribution is 7.89. The number of benzene rings is 1. The lowest BCUT2D eigenvalue weighted by molar-refractivity contribution is 0.341. The molecule has 21 heavy (non-hydrogen) atoms. The van der Waals surface area contributed by atoms with Crippen molar-refractivity contribution >= 4 is 10.0 Å². The van der Waals surface area contributed by atoms with Gasteiger partial charge in [-0.3, -0.25) is 0 Å². The Morgan fingerprint density at radius 1 is 1.14 bits per heavy atom. The Morgan fingerprint density at radius 3 is 2.24 bits per heavy atom. The fourth-order valence-corrected chi connectivity index (χ4v) is 3.82. The smallest absolute Gasteiger partial charge is 0.243 e. The largest absolute Gasteiger partial charge is 0.353 e. The third-order valence-electron chi connectivity index (χ3n) is 3.57. The summed E-state index contributed by atoms with van der Waals surface area (Å²) in [5, 5.41) is 0. The third-order valence-corrected chi connectivity index (χ3v) is 5.61. The maximum Gasteiger partial charge on any atom is 0.243 e. The highest BCUT2D eigenvalue weighted by Gasteiger charge is 2.27. The quantitative estimate of drug-likeness (QED) is 0.852. The fourth-order valence-electron chi connectivity index (χ4n) is 2.21. The van der Waals surface area contributed by atoms with E-state index in [-0.39, 0.29) is 6.04 Å². The Kier molecular flexibility index (Phi) is 4.54. The standard InChI is InChI=1S/C16H22N2O2S/c1-13(2)18(12-15-6-5-11-17(15)4)21(19,20)16-9-7-14(3)8-10-16/h5-11,13H,12H2,1-4H3. The van der Waals surface area contributed by atoms with Gasteiger partial charge >= 0.3 is 0 Å². The van der Waals surface area contributed by atoms with Crippen LogP contribution in [0.1, 0.15) is 25.1 Å². The van der Waals surface area contributed by atoms with E-state index in [4.69, 9.17) is 0 Å². The first-order valence-electron chi connectivity index (χ1n) is 7.01. The molecule has 1 aromatic heterocycles. The van der Waals surface area contributed by atoms with Crippen molar-refractivity contribution in [3.63, 3.8) is 0 Å². The lowest BCUT2D eigenvalue weighted by Gasteiger charge is -2.26. The minimum absolute atomic E-state index is 0.105. The molecular weight excluding hydrogens is 284 g/mol. The normalized spacial score (nSPS) is 12.3. The van der Waals surface area contributed by atoms with Crippen molar-refractivity contribution in [1.29, 1.82) is 0 Å². The Labute approximate surface area is 127 Å². The van der Waals surface area contributed by atoms with E-state index in [9.17, 15) is 8.42 Å². The summed E-state index contributed by atoms with van der Waals surface area (Å²) >= 11 is 0. The predicted octanol–water partition coefficient (Wildman–Crippen LogP) is 2.93. The number of nitrogens with zero attached hydrogens (tertiary/aromatic N) is 2. The molecule has 0 amide bonds. The highest BCUT2D eigenvalue weighted by atomic mass is 32.2. The summed E-state index contributed by atoms with van der Waals surface area (Å²) in [4.78, 5) is 0.344. The van der Waals surface area contributed by atoms with Gasteiger partial charge in [-0.1, -0.05) is 17.7 Å². The molecule has 1 heterocycles. The maximum absolute atomic E-state index is 12.8. The van der Waals surface area contributed by atoms with E-state index in [1.165, 1.54) is 4.31 Å². The van der Waals surface area contributed by atoms with Crippen LogP contribution in [0.15, 0.2) is 47.5 Å². The van der Waals surface area contributed by atoms with Crippen LogP contribution in [-0.4, -0.2) is 23.3 Å². The van der Waals surface area contributed by atoms with Crippen molar-refractivity contribution in [1.82, 2.24) is 8.87 Å². The average molecular weight is 306 g/mol. The van der Waals surface area contributed by atoms with Gasteiger partial charge in [0.1, 0.15) is 0 Å². The average Bonchev–Trinajstić information content (AvgIpc) is 2.81. The summed E-state index contributed by atoms with van der Waals surface area (Å²) < 4.78 is 29.2. The van der Waals surface area contributed by atoms with Gasteiger partial charge in [0.25, 0.3) is 0 Å². The zero-order chi connectivity index (χ0) is 15.6. The molecule has 1 aromatic carbocycles. The first-order chi connectivity index (χ1) is 9.82. The molecule has 0 fully saturated rings. The van der Waals surface area contributed by atoms with Crippen LogP contribution in [0.2, 0.25) is 0 Å². The number of sulfonamides is 1. The molecule has 0 N–H and O–H groups in total. The van der Waals surface area contributed by atoms with Crippen molar-refractivity contribution in [2.24, 2.45) is 7.05 Å². The molecule has 0 aliphatic rings. The van der Waals surface area contributed by atoms with E-state index in [0.29, 0.717) is 11.4 Å². The first-order valence-corrected chi connectivity index (χ1v) is 8.45. The highest BCUT2D eigenvalue weighted by Crippen LogP contribution is 2.21. The zero-order valence-corrected chi connectivity index (χ0v) is 13.8. The molecule has 0 aliphatic heterocycles. The van der Waals surface area contributed by atoms with Gasteiger partial charge < -0.3 is 4.57 Å². The minimum Gasteiger partial charge on any atom is -0.353 e. The van der Waals surface area contributed by atoms with E-state index in [1.807, 2.05) is 62.8 Å². The molecule has 2 aromatic rings. The summed E-state index contributed by atoms with van der Waals surface area (Å²) in [5.41, 5.74) is 2.02. The lowest BCUT2D eigenvalue weighted by Crippen LogP contribution is -2.36. The number of aromatic nitrogens is 1. The lowest BCUT2D eigenvalue weighted by atomic mass is 10.2. The van der Waals surface area contributed by atoms with Crippen molar-refractivity contribution in [2.45, 2.75) is 38.3 Å². The maximum atomic E-state index is 12.8. The summed E-state index contributed by atoms with van der Waals surface area (Å²) in [7, 11) is -1.57. The minimum atomic E-state index is -3.49. The number of hydrogen-bond acceptors (Lipinski definition) is 2. The topological polar surface area (TPSA) is 42.3 Å². The van der Waals surface area contributed by atoms with Gasteiger partial charge in [0, 0.05) is 25.0 Å². The molecule has 0 saturated heterocycles. The number of hydrogen-bond donors (Lipinski definition) is 0. The van der Waals surface area contributed by atoms with E-state index >= 15 is 0 Å². The summed E-state index contributed by atoms with van der Waals surface area (Å²) in [6.45, 7) is 6.11. The van der Waals surface area contributed by atoms with Gasteiger partial charge in [-0.25, -0.2) is 8.42 Å². The number of rotatable bonds is 5. The Hall–Kier alpha value is -1.59. The summed E-state index contributed by atoms with van der Waals surface area (Å²) in [6, 6.07) is 10.8. The van der Waals surface area contributed by atoms with Crippen LogP contribution in [0.3, 0.4) is 0 Å². The molecular formula is C16H22N2O2S. The molecule has 0 bridgehead atoms. The van der Waals surface area contributed by atoms with Crippen molar-refractivity contribution in [2.75, 3.05) is 0 Å². The SMILES string of the molecule is Cc1ccc(S(=O)(=O)N(Cc2cccn2C)C(C)C)cc1. The van der Waals surface area contributed by atoms with Gasteiger partial charge in [-0.05, 0) is 45.0 Å². The van der Waals surface area contributed by atoms with Crippen molar-refractivity contribution in [3.8, 4) is 0 Å². The number of aryl methyl sites for hydroxylation is 2. The molecule has 0 saturated carbocycles. The van der Waals surface area contributed by atoms with Gasteiger partial charge in [0.2, 0.25) is 10.0 Å². The molecule has 0 spiro atoms. The van der Waals surface area contributed by atoms with Crippen LogP contribution in [0.5, 0.6) is 0 Å². The van der Waals surface area contributed by atoms with Crippen molar-refractivity contribution in [3.05, 3.63) is 53.9 Å².